The van der Waals surface area contributed by atoms with Crippen LogP contribution < -0.4 is 10.1 Å². The number of carbonyl (C=O) groups is 1. The van der Waals surface area contributed by atoms with E-state index in [0.717, 1.165) is 5.75 Å². The second-order valence-electron chi connectivity index (χ2n) is 5.51. The zero-order valence-electron chi connectivity index (χ0n) is 14.5. The molecule has 0 atom stereocenters. The minimum absolute atomic E-state index is 0.0478. The Morgan fingerprint density at radius 3 is 2.48 bits per heavy atom. The number of non-ortho nitro benzene ring substituents is 1. The number of nitrogens with one attached hydrogen (secondary N) is 1. The Hall–Kier alpha value is -3.81. The summed E-state index contributed by atoms with van der Waals surface area (Å²) in [7, 11) is 0. The fraction of sp³-hybridized carbons (Fsp3) is 0.105. The molecule has 0 radical (unpaired) electrons. The summed E-state index contributed by atoms with van der Waals surface area (Å²) in [6.07, 6.45) is 2.76. The van der Waals surface area contributed by atoms with Crippen LogP contribution in [-0.4, -0.2) is 27.4 Å². The average molecular weight is 364 g/mol. The number of nitrogens with zero attached hydrogens (tertiary/aromatic N) is 3. The Kier molecular flexibility index (Phi) is 5.36. The normalized spacial score (nSPS) is 10.3. The van der Waals surface area contributed by atoms with E-state index in [2.05, 4.69) is 15.3 Å². The quantitative estimate of drug-likeness (QED) is 0.528. The monoisotopic (exact) mass is 364 g/mol. The molecule has 0 aliphatic rings. The second-order valence-corrected chi connectivity index (χ2v) is 5.51. The van der Waals surface area contributed by atoms with Crippen LogP contribution in [0.5, 0.6) is 5.75 Å². The lowest BCUT2D eigenvalue weighted by Crippen LogP contribution is -2.12. The number of amides is 1. The summed E-state index contributed by atoms with van der Waals surface area (Å²) in [6.45, 7) is 2.47. The molecule has 2 aromatic carbocycles. The predicted molar refractivity (Wildman–Crippen MR) is 99.7 cm³/mol. The molecular formula is C19H16N4O4. The van der Waals surface area contributed by atoms with Crippen molar-refractivity contribution in [2.75, 3.05) is 11.9 Å². The Balaban J connectivity index is 1.72. The van der Waals surface area contributed by atoms with Crippen molar-refractivity contribution < 1.29 is 14.5 Å². The number of ether oxygens (including phenoxy) is 1. The minimum Gasteiger partial charge on any atom is -0.494 e. The maximum Gasteiger partial charge on any atom is 0.270 e. The standard InChI is InChI=1S/C19H16N4O4/c1-2-27-17-8-6-15(7-9-17)22-19(24)14-11-20-18(21-12-14)13-4-3-5-16(10-13)23(25)26/h3-12H,2H2,1H3,(H,22,24). The molecule has 27 heavy (non-hydrogen) atoms. The summed E-state index contributed by atoms with van der Waals surface area (Å²) in [5, 5.41) is 13.6. The Morgan fingerprint density at radius 2 is 1.85 bits per heavy atom. The molecular weight excluding hydrogens is 348 g/mol. The number of benzene rings is 2. The van der Waals surface area contributed by atoms with E-state index in [-0.39, 0.29) is 17.2 Å². The Morgan fingerprint density at radius 1 is 1.15 bits per heavy atom. The van der Waals surface area contributed by atoms with Crippen LogP contribution in [0.3, 0.4) is 0 Å². The topological polar surface area (TPSA) is 107 Å². The SMILES string of the molecule is CCOc1ccc(NC(=O)c2cnc(-c3cccc([N+](=O)[O-])c3)nc2)cc1. The van der Waals surface area contributed by atoms with Gasteiger partial charge in [0.05, 0.1) is 17.1 Å². The first-order chi connectivity index (χ1) is 13.1. The molecule has 1 amide bonds. The molecule has 0 unspecified atom stereocenters. The lowest BCUT2D eigenvalue weighted by Gasteiger charge is -2.07. The molecule has 1 N–H and O–H groups in total. The third-order valence-corrected chi connectivity index (χ3v) is 3.65. The second kappa shape index (κ2) is 8.05. The highest BCUT2D eigenvalue weighted by Gasteiger charge is 2.11. The average Bonchev–Trinajstić information content (AvgIpc) is 2.70. The lowest BCUT2D eigenvalue weighted by atomic mass is 10.2. The van der Waals surface area contributed by atoms with Gasteiger partial charge in [0.2, 0.25) is 0 Å². The number of rotatable bonds is 6. The smallest absolute Gasteiger partial charge is 0.270 e. The van der Waals surface area contributed by atoms with Crippen molar-refractivity contribution >= 4 is 17.3 Å². The number of hydrogen-bond donors (Lipinski definition) is 1. The van der Waals surface area contributed by atoms with Crippen molar-refractivity contribution in [3.8, 4) is 17.1 Å². The zero-order chi connectivity index (χ0) is 19.2. The van der Waals surface area contributed by atoms with Crippen LogP contribution in [-0.2, 0) is 0 Å². The van der Waals surface area contributed by atoms with Crippen LogP contribution in [0.4, 0.5) is 11.4 Å². The lowest BCUT2D eigenvalue weighted by molar-refractivity contribution is -0.384. The van der Waals surface area contributed by atoms with Gasteiger partial charge in [-0.05, 0) is 31.2 Å². The van der Waals surface area contributed by atoms with Gasteiger partial charge in [-0.2, -0.15) is 0 Å². The van der Waals surface area contributed by atoms with E-state index in [4.69, 9.17) is 4.74 Å². The highest BCUT2D eigenvalue weighted by molar-refractivity contribution is 6.03. The molecule has 0 bridgehead atoms. The number of carbonyl (C=O) groups excluding carboxylic acids is 1. The molecule has 0 fully saturated rings. The molecule has 0 aliphatic carbocycles. The van der Waals surface area contributed by atoms with Crippen molar-refractivity contribution in [1.82, 2.24) is 9.97 Å². The molecule has 0 spiro atoms. The number of hydrogen-bond acceptors (Lipinski definition) is 6. The highest BCUT2D eigenvalue weighted by atomic mass is 16.6. The van der Waals surface area contributed by atoms with E-state index in [1.54, 1.807) is 36.4 Å². The third kappa shape index (κ3) is 4.43. The van der Waals surface area contributed by atoms with Crippen LogP contribution in [0.1, 0.15) is 17.3 Å². The summed E-state index contributed by atoms with van der Waals surface area (Å²) in [4.78, 5) is 31.0. The number of aromatic nitrogens is 2. The van der Waals surface area contributed by atoms with E-state index in [0.29, 0.717) is 23.7 Å². The molecule has 0 aliphatic heterocycles. The molecule has 1 heterocycles. The van der Waals surface area contributed by atoms with E-state index < -0.39 is 4.92 Å². The van der Waals surface area contributed by atoms with Crippen LogP contribution >= 0.6 is 0 Å². The Bertz CT molecular complexity index is 956. The number of nitro benzene ring substituents is 1. The van der Waals surface area contributed by atoms with Crippen molar-refractivity contribution in [3.63, 3.8) is 0 Å². The van der Waals surface area contributed by atoms with E-state index >= 15 is 0 Å². The van der Waals surface area contributed by atoms with Crippen molar-refractivity contribution in [2.24, 2.45) is 0 Å². The van der Waals surface area contributed by atoms with E-state index in [1.807, 2.05) is 6.92 Å². The van der Waals surface area contributed by atoms with Crippen LogP contribution in [0.15, 0.2) is 60.9 Å². The first kappa shape index (κ1) is 18.0. The largest absolute Gasteiger partial charge is 0.494 e. The molecule has 0 saturated heterocycles. The fourth-order valence-electron chi connectivity index (χ4n) is 2.36. The zero-order valence-corrected chi connectivity index (χ0v) is 14.5. The maximum atomic E-state index is 12.3. The van der Waals surface area contributed by atoms with Gasteiger partial charge in [0.25, 0.3) is 11.6 Å². The molecule has 0 saturated carbocycles. The summed E-state index contributed by atoms with van der Waals surface area (Å²) in [5.74, 6) is 0.668. The van der Waals surface area contributed by atoms with Gasteiger partial charge < -0.3 is 10.1 Å². The summed E-state index contributed by atoms with van der Waals surface area (Å²) >= 11 is 0. The van der Waals surface area contributed by atoms with Gasteiger partial charge >= 0.3 is 0 Å². The minimum atomic E-state index is -0.484. The van der Waals surface area contributed by atoms with Crippen LogP contribution in [0.25, 0.3) is 11.4 Å². The van der Waals surface area contributed by atoms with E-state index in [1.165, 1.54) is 24.5 Å². The molecule has 1 aromatic heterocycles. The molecule has 8 heteroatoms. The fourth-order valence-corrected chi connectivity index (χ4v) is 2.36. The van der Waals surface area contributed by atoms with Crippen LogP contribution in [0.2, 0.25) is 0 Å². The molecule has 3 aromatic rings. The Labute approximate surface area is 155 Å². The molecule has 8 nitrogen and oxygen atoms in total. The first-order valence-corrected chi connectivity index (χ1v) is 8.18. The number of anilines is 1. The van der Waals surface area contributed by atoms with Gasteiger partial charge in [0.15, 0.2) is 5.82 Å². The van der Waals surface area contributed by atoms with Gasteiger partial charge in [-0.25, -0.2) is 9.97 Å². The first-order valence-electron chi connectivity index (χ1n) is 8.18. The highest BCUT2D eigenvalue weighted by Crippen LogP contribution is 2.21. The van der Waals surface area contributed by atoms with Gasteiger partial charge in [0, 0.05) is 35.8 Å². The van der Waals surface area contributed by atoms with Crippen molar-refractivity contribution in [3.05, 3.63) is 76.6 Å². The van der Waals surface area contributed by atoms with Crippen molar-refractivity contribution in [2.45, 2.75) is 6.92 Å². The third-order valence-electron chi connectivity index (χ3n) is 3.65. The predicted octanol–water partition coefficient (Wildman–Crippen LogP) is 3.70. The summed E-state index contributed by atoms with van der Waals surface area (Å²) in [6, 6.07) is 13.0. The van der Waals surface area contributed by atoms with E-state index in [9.17, 15) is 14.9 Å². The molecule has 136 valence electrons. The van der Waals surface area contributed by atoms with Gasteiger partial charge in [-0.3, -0.25) is 14.9 Å². The van der Waals surface area contributed by atoms with Gasteiger partial charge in [-0.1, -0.05) is 12.1 Å². The van der Waals surface area contributed by atoms with Gasteiger partial charge in [-0.15, -0.1) is 0 Å². The molecule has 3 rings (SSSR count). The van der Waals surface area contributed by atoms with Crippen molar-refractivity contribution in [1.29, 1.82) is 0 Å². The van der Waals surface area contributed by atoms with Gasteiger partial charge in [0.1, 0.15) is 5.75 Å². The maximum absolute atomic E-state index is 12.3. The van der Waals surface area contributed by atoms with Crippen LogP contribution in [0, 0.1) is 10.1 Å². The summed E-state index contributed by atoms with van der Waals surface area (Å²) in [5.41, 5.74) is 1.35. The number of nitro groups is 1. The summed E-state index contributed by atoms with van der Waals surface area (Å²) < 4.78 is 5.35.